The van der Waals surface area contributed by atoms with Crippen LogP contribution < -0.4 is 5.32 Å². The second-order valence-electron chi connectivity index (χ2n) is 5.78. The van der Waals surface area contributed by atoms with E-state index in [1.807, 2.05) is 0 Å². The molecule has 0 aliphatic rings. The Hall–Kier alpha value is -2.65. The van der Waals surface area contributed by atoms with Gasteiger partial charge in [-0.25, -0.2) is 17.5 Å². The van der Waals surface area contributed by atoms with Crippen molar-refractivity contribution in [3.05, 3.63) is 47.4 Å². The number of benzene rings is 1. The lowest BCUT2D eigenvalue weighted by molar-refractivity contribution is -0.119. The minimum atomic E-state index is -3.63. The molecule has 1 aromatic heterocycles. The van der Waals surface area contributed by atoms with Gasteiger partial charge in [-0.1, -0.05) is 6.07 Å². The summed E-state index contributed by atoms with van der Waals surface area (Å²) in [5.74, 6) is -0.859. The molecule has 0 saturated carbocycles. The van der Waals surface area contributed by atoms with Crippen LogP contribution in [0.25, 0.3) is 0 Å². The molecule has 0 bridgehead atoms. The van der Waals surface area contributed by atoms with Gasteiger partial charge in [0.25, 0.3) is 5.91 Å². The molecule has 0 saturated heterocycles. The molecule has 26 heavy (non-hydrogen) atoms. The van der Waals surface area contributed by atoms with Crippen LogP contribution in [0.5, 0.6) is 0 Å². The molecule has 140 valence electrons. The second kappa shape index (κ2) is 7.71. The fraction of sp³-hybridized carbons (Fsp3) is 0.294. The quantitative estimate of drug-likeness (QED) is 0.768. The predicted molar refractivity (Wildman–Crippen MR) is 94.4 cm³/mol. The van der Waals surface area contributed by atoms with E-state index in [4.69, 9.17) is 9.15 Å². The third kappa shape index (κ3) is 4.30. The van der Waals surface area contributed by atoms with Crippen LogP contribution in [0.2, 0.25) is 0 Å². The van der Waals surface area contributed by atoms with Crippen molar-refractivity contribution in [1.29, 1.82) is 0 Å². The topological polar surface area (TPSA) is 106 Å². The zero-order valence-electron chi connectivity index (χ0n) is 14.9. The Bertz CT molecular complexity index is 930. The lowest BCUT2D eigenvalue weighted by atomic mass is 10.2. The zero-order chi connectivity index (χ0) is 19.5. The molecule has 0 atom stereocenters. The van der Waals surface area contributed by atoms with Crippen LogP contribution in [-0.4, -0.2) is 45.3 Å². The maximum atomic E-state index is 12.2. The molecule has 0 radical (unpaired) electrons. The van der Waals surface area contributed by atoms with Gasteiger partial charge in [-0.2, -0.15) is 0 Å². The molecule has 0 spiro atoms. The summed E-state index contributed by atoms with van der Waals surface area (Å²) in [5, 5.41) is 2.55. The molecule has 2 aromatic rings. The average molecular weight is 380 g/mol. The summed E-state index contributed by atoms with van der Waals surface area (Å²) in [7, 11) is -0.783. The van der Waals surface area contributed by atoms with Gasteiger partial charge >= 0.3 is 5.97 Å². The minimum absolute atomic E-state index is 0.0504. The molecule has 1 N–H and O–H groups in total. The predicted octanol–water partition coefficient (Wildman–Crippen LogP) is 1.94. The number of carbonyl (C=O) groups is 2. The summed E-state index contributed by atoms with van der Waals surface area (Å²) in [6, 6.07) is 5.87. The van der Waals surface area contributed by atoms with Crippen molar-refractivity contribution in [2.45, 2.75) is 18.7 Å². The van der Waals surface area contributed by atoms with Gasteiger partial charge in [0.1, 0.15) is 11.3 Å². The maximum Gasteiger partial charge on any atom is 0.342 e. The van der Waals surface area contributed by atoms with Crippen molar-refractivity contribution in [2.24, 2.45) is 0 Å². The summed E-state index contributed by atoms with van der Waals surface area (Å²) in [5.41, 5.74) is 1.24. The first-order chi connectivity index (χ1) is 12.1. The van der Waals surface area contributed by atoms with Gasteiger partial charge < -0.3 is 14.5 Å². The van der Waals surface area contributed by atoms with Crippen molar-refractivity contribution < 1.29 is 27.2 Å². The average Bonchev–Trinajstić information content (AvgIpc) is 3.00. The number of hydrogen-bond acceptors (Lipinski definition) is 6. The molecule has 0 unspecified atom stereocenters. The number of ether oxygens (including phenoxy) is 1. The molecule has 0 fully saturated rings. The summed E-state index contributed by atoms with van der Waals surface area (Å²) < 4.78 is 35.4. The van der Waals surface area contributed by atoms with Crippen LogP contribution in [0.1, 0.15) is 21.7 Å². The number of nitrogens with zero attached hydrogens (tertiary/aromatic N) is 1. The van der Waals surface area contributed by atoms with Crippen LogP contribution in [0.3, 0.4) is 0 Å². The van der Waals surface area contributed by atoms with Crippen LogP contribution in [-0.2, 0) is 19.6 Å². The maximum absolute atomic E-state index is 12.2. The Morgan fingerprint density at radius 3 is 2.46 bits per heavy atom. The van der Waals surface area contributed by atoms with Crippen molar-refractivity contribution >= 4 is 27.6 Å². The number of hydrogen-bond donors (Lipinski definition) is 1. The summed E-state index contributed by atoms with van der Waals surface area (Å²) in [4.78, 5) is 24.0. The first-order valence-corrected chi connectivity index (χ1v) is 9.11. The van der Waals surface area contributed by atoms with E-state index >= 15 is 0 Å². The molecule has 2 rings (SSSR count). The van der Waals surface area contributed by atoms with Gasteiger partial charge in [0.15, 0.2) is 6.61 Å². The monoisotopic (exact) mass is 380 g/mol. The van der Waals surface area contributed by atoms with Crippen LogP contribution in [0.15, 0.2) is 39.8 Å². The molecule has 8 nitrogen and oxygen atoms in total. The Kier molecular flexibility index (Phi) is 5.83. The van der Waals surface area contributed by atoms with E-state index in [-0.39, 0.29) is 10.5 Å². The number of furan rings is 1. The first kappa shape index (κ1) is 19.7. The van der Waals surface area contributed by atoms with Crippen LogP contribution in [0.4, 0.5) is 5.69 Å². The minimum Gasteiger partial charge on any atom is -0.469 e. The highest BCUT2D eigenvalue weighted by molar-refractivity contribution is 7.89. The Labute approximate surface area is 151 Å². The normalized spacial score (nSPS) is 11.4. The molecule has 9 heteroatoms. The molecule has 1 amide bonds. The van der Waals surface area contributed by atoms with Gasteiger partial charge in [-0.05, 0) is 37.6 Å². The van der Waals surface area contributed by atoms with E-state index < -0.39 is 28.5 Å². The van der Waals surface area contributed by atoms with Gasteiger partial charge in [-0.15, -0.1) is 0 Å². The van der Waals surface area contributed by atoms with E-state index in [1.54, 1.807) is 19.9 Å². The number of nitrogens with one attached hydrogen (secondary N) is 1. The van der Waals surface area contributed by atoms with Crippen molar-refractivity contribution in [2.75, 3.05) is 26.0 Å². The van der Waals surface area contributed by atoms with E-state index in [9.17, 15) is 18.0 Å². The van der Waals surface area contributed by atoms with E-state index in [2.05, 4.69) is 5.32 Å². The standard InChI is InChI=1S/C17H20N2O6S/c1-11-5-6-13(26(22,23)19(3)4)9-15(11)18-16(20)10-25-17(21)14-7-8-24-12(14)2/h5-9H,10H2,1-4H3,(H,18,20). The lowest BCUT2D eigenvalue weighted by Crippen LogP contribution is -2.23. The first-order valence-electron chi connectivity index (χ1n) is 7.67. The largest absolute Gasteiger partial charge is 0.469 e. The Balaban J connectivity index is 2.07. The summed E-state index contributed by atoms with van der Waals surface area (Å²) in [6.07, 6.45) is 1.35. The fourth-order valence-electron chi connectivity index (χ4n) is 2.10. The smallest absolute Gasteiger partial charge is 0.342 e. The van der Waals surface area contributed by atoms with Crippen molar-refractivity contribution in [3.8, 4) is 0 Å². The van der Waals surface area contributed by atoms with Gasteiger partial charge in [0.2, 0.25) is 10.0 Å². The molecular formula is C17H20N2O6S. The van der Waals surface area contributed by atoms with E-state index in [0.717, 1.165) is 4.31 Å². The van der Waals surface area contributed by atoms with Crippen LogP contribution in [0, 0.1) is 13.8 Å². The third-order valence-corrected chi connectivity index (χ3v) is 5.49. The number of rotatable bonds is 6. The van der Waals surface area contributed by atoms with Crippen molar-refractivity contribution in [3.63, 3.8) is 0 Å². The number of esters is 1. The second-order valence-corrected chi connectivity index (χ2v) is 7.93. The van der Waals surface area contributed by atoms with Gasteiger partial charge in [0, 0.05) is 19.8 Å². The molecule has 0 aliphatic heterocycles. The number of anilines is 1. The molecule has 1 heterocycles. The lowest BCUT2D eigenvalue weighted by Gasteiger charge is -2.14. The number of aryl methyl sites for hydroxylation is 2. The van der Waals surface area contributed by atoms with E-state index in [0.29, 0.717) is 17.0 Å². The molecule has 0 aliphatic carbocycles. The van der Waals surface area contributed by atoms with Crippen LogP contribution >= 0.6 is 0 Å². The highest BCUT2D eigenvalue weighted by atomic mass is 32.2. The fourth-order valence-corrected chi connectivity index (χ4v) is 3.03. The molecular weight excluding hydrogens is 360 g/mol. The Morgan fingerprint density at radius 2 is 1.88 bits per heavy atom. The van der Waals surface area contributed by atoms with Crippen molar-refractivity contribution in [1.82, 2.24) is 4.31 Å². The highest BCUT2D eigenvalue weighted by Crippen LogP contribution is 2.22. The summed E-state index contributed by atoms with van der Waals surface area (Å²) >= 11 is 0. The van der Waals surface area contributed by atoms with E-state index in [1.165, 1.54) is 38.6 Å². The van der Waals surface area contributed by atoms with Gasteiger partial charge in [-0.3, -0.25) is 4.79 Å². The number of carbonyl (C=O) groups excluding carboxylic acids is 2. The zero-order valence-corrected chi connectivity index (χ0v) is 15.7. The third-order valence-electron chi connectivity index (χ3n) is 3.67. The highest BCUT2D eigenvalue weighted by Gasteiger charge is 2.19. The molecule has 1 aromatic carbocycles. The van der Waals surface area contributed by atoms with Gasteiger partial charge in [0.05, 0.1) is 11.2 Å². The summed E-state index contributed by atoms with van der Waals surface area (Å²) in [6.45, 7) is 2.83. The SMILES string of the molecule is Cc1ccc(S(=O)(=O)N(C)C)cc1NC(=O)COC(=O)c1ccoc1C. The Morgan fingerprint density at radius 1 is 1.19 bits per heavy atom. The number of amides is 1. The number of sulfonamides is 1.